The Morgan fingerprint density at radius 1 is 1.32 bits per heavy atom. The SMILES string of the molecule is CC[C@@]12CCCN3CCC4(C(=C(C(=O)OC)C1)Nc1ccccc14)[C@H]32. The normalized spacial score (nSPS) is 35.7. The first-order valence-corrected chi connectivity index (χ1v) is 9.59. The van der Waals surface area contributed by atoms with Crippen LogP contribution in [0.5, 0.6) is 0 Å². The van der Waals surface area contributed by atoms with Crippen molar-refractivity contribution < 1.29 is 9.53 Å². The zero-order chi connectivity index (χ0) is 17.2. The Hall–Kier alpha value is -1.81. The molecule has 1 aromatic rings. The number of hydrogen-bond acceptors (Lipinski definition) is 4. The fourth-order valence-corrected chi connectivity index (χ4v) is 6.49. The lowest BCUT2D eigenvalue weighted by Gasteiger charge is -2.56. The van der Waals surface area contributed by atoms with E-state index in [2.05, 4.69) is 41.4 Å². The number of ether oxygens (including phenoxy) is 1. The van der Waals surface area contributed by atoms with Crippen molar-refractivity contribution in [1.82, 2.24) is 4.90 Å². The van der Waals surface area contributed by atoms with Crippen LogP contribution in [0.2, 0.25) is 0 Å². The van der Waals surface area contributed by atoms with E-state index in [1.54, 1.807) is 0 Å². The van der Waals surface area contributed by atoms with E-state index in [1.165, 1.54) is 37.7 Å². The molecule has 2 fully saturated rings. The molecule has 3 aliphatic heterocycles. The molecular formula is C21H26N2O2. The lowest BCUT2D eigenvalue weighted by molar-refractivity contribution is -0.137. The number of fused-ring (bicyclic) bond motifs is 1. The van der Waals surface area contributed by atoms with E-state index in [4.69, 9.17) is 4.74 Å². The minimum Gasteiger partial charge on any atom is -0.466 e. The molecule has 2 saturated heterocycles. The highest BCUT2D eigenvalue weighted by Crippen LogP contribution is 2.65. The Bertz CT molecular complexity index is 786. The number of esters is 1. The van der Waals surface area contributed by atoms with E-state index in [0.29, 0.717) is 6.04 Å². The number of rotatable bonds is 2. The van der Waals surface area contributed by atoms with Gasteiger partial charge < -0.3 is 10.1 Å². The van der Waals surface area contributed by atoms with Gasteiger partial charge in [0.05, 0.1) is 18.1 Å². The molecule has 1 spiro atoms. The third kappa shape index (κ3) is 1.74. The lowest BCUT2D eigenvalue weighted by atomic mass is 9.53. The van der Waals surface area contributed by atoms with E-state index >= 15 is 0 Å². The number of para-hydroxylation sites is 1. The Kier molecular flexibility index (Phi) is 3.15. The van der Waals surface area contributed by atoms with Crippen LogP contribution >= 0.6 is 0 Å². The fourth-order valence-electron chi connectivity index (χ4n) is 6.49. The lowest BCUT2D eigenvalue weighted by Crippen LogP contribution is -2.59. The van der Waals surface area contributed by atoms with Gasteiger partial charge in [-0.3, -0.25) is 4.90 Å². The van der Waals surface area contributed by atoms with Crippen LogP contribution in [0.25, 0.3) is 0 Å². The van der Waals surface area contributed by atoms with Gasteiger partial charge in [-0.1, -0.05) is 25.1 Å². The van der Waals surface area contributed by atoms with Crippen LogP contribution in [-0.4, -0.2) is 37.1 Å². The molecule has 25 heavy (non-hydrogen) atoms. The highest BCUT2D eigenvalue weighted by atomic mass is 16.5. The van der Waals surface area contributed by atoms with Crippen molar-refractivity contribution in [2.45, 2.75) is 50.5 Å². The minimum atomic E-state index is -0.148. The van der Waals surface area contributed by atoms with Crippen molar-refractivity contribution in [3.05, 3.63) is 41.1 Å². The molecule has 1 unspecified atom stereocenters. The molecule has 4 aliphatic rings. The van der Waals surface area contributed by atoms with Crippen LogP contribution in [0.3, 0.4) is 0 Å². The Labute approximate surface area is 149 Å². The maximum absolute atomic E-state index is 12.7. The molecule has 0 amide bonds. The molecule has 1 aromatic carbocycles. The van der Waals surface area contributed by atoms with E-state index in [1.807, 2.05) is 0 Å². The zero-order valence-electron chi connectivity index (χ0n) is 15.1. The molecule has 1 N–H and O–H groups in total. The van der Waals surface area contributed by atoms with Crippen LogP contribution in [0.4, 0.5) is 5.69 Å². The number of piperidine rings is 1. The summed E-state index contributed by atoms with van der Waals surface area (Å²) in [6.07, 6.45) is 5.50. The van der Waals surface area contributed by atoms with E-state index < -0.39 is 0 Å². The molecule has 0 radical (unpaired) electrons. The van der Waals surface area contributed by atoms with Gasteiger partial charge in [-0.05, 0) is 62.2 Å². The second-order valence-electron chi connectivity index (χ2n) is 8.17. The maximum Gasteiger partial charge on any atom is 0.335 e. The highest BCUT2D eigenvalue weighted by molar-refractivity contribution is 5.93. The summed E-state index contributed by atoms with van der Waals surface area (Å²) in [4.78, 5) is 15.4. The number of hydrogen-bond donors (Lipinski definition) is 1. The average Bonchev–Trinajstić information content (AvgIpc) is 3.21. The van der Waals surface area contributed by atoms with Crippen molar-refractivity contribution >= 4 is 11.7 Å². The van der Waals surface area contributed by atoms with Gasteiger partial charge >= 0.3 is 5.97 Å². The third-order valence-corrected chi connectivity index (χ3v) is 7.41. The number of benzene rings is 1. The number of carbonyl (C=O) groups excluding carboxylic acids is 1. The molecule has 1 aliphatic carbocycles. The second-order valence-corrected chi connectivity index (χ2v) is 8.17. The number of nitrogens with one attached hydrogen (secondary N) is 1. The number of methoxy groups -OCH3 is 1. The van der Waals surface area contributed by atoms with Gasteiger partial charge in [0, 0.05) is 17.4 Å². The van der Waals surface area contributed by atoms with Crippen molar-refractivity contribution in [2.75, 3.05) is 25.5 Å². The first-order chi connectivity index (χ1) is 12.2. The van der Waals surface area contributed by atoms with Crippen molar-refractivity contribution in [1.29, 1.82) is 0 Å². The number of nitrogens with zero attached hydrogens (tertiary/aromatic N) is 1. The summed E-state index contributed by atoms with van der Waals surface area (Å²) in [6.45, 7) is 4.63. The standard InChI is InChI=1S/C21H26N2O2/c1-3-20-9-6-11-23-12-10-21(19(20)23)15-7-4-5-8-16(15)22-17(21)14(13-20)18(24)25-2/h4-5,7-8,19,22H,3,6,9-13H2,1-2H3/t19-,20-,21?/m1/s1. The summed E-state index contributed by atoms with van der Waals surface area (Å²) in [7, 11) is 1.51. The molecule has 132 valence electrons. The number of carbonyl (C=O) groups is 1. The minimum absolute atomic E-state index is 0.0607. The van der Waals surface area contributed by atoms with Crippen molar-refractivity contribution in [2.24, 2.45) is 5.41 Å². The molecule has 5 rings (SSSR count). The van der Waals surface area contributed by atoms with Gasteiger partial charge in [-0.2, -0.15) is 0 Å². The predicted molar refractivity (Wildman–Crippen MR) is 97.3 cm³/mol. The Balaban J connectivity index is 1.81. The summed E-state index contributed by atoms with van der Waals surface area (Å²) in [5.74, 6) is -0.148. The summed E-state index contributed by atoms with van der Waals surface area (Å²) in [5, 5.41) is 3.65. The van der Waals surface area contributed by atoms with Crippen LogP contribution in [-0.2, 0) is 14.9 Å². The van der Waals surface area contributed by atoms with Gasteiger partial charge in [0.2, 0.25) is 0 Å². The van der Waals surface area contributed by atoms with Crippen molar-refractivity contribution in [3.63, 3.8) is 0 Å². The monoisotopic (exact) mass is 338 g/mol. The molecule has 4 nitrogen and oxygen atoms in total. The van der Waals surface area contributed by atoms with Gasteiger partial charge in [0.25, 0.3) is 0 Å². The van der Waals surface area contributed by atoms with Gasteiger partial charge in [-0.15, -0.1) is 0 Å². The van der Waals surface area contributed by atoms with E-state index in [0.717, 1.165) is 37.1 Å². The molecular weight excluding hydrogens is 312 g/mol. The van der Waals surface area contributed by atoms with Crippen molar-refractivity contribution in [3.8, 4) is 0 Å². The Morgan fingerprint density at radius 3 is 2.96 bits per heavy atom. The van der Waals surface area contributed by atoms with Crippen LogP contribution in [0.1, 0.15) is 44.6 Å². The van der Waals surface area contributed by atoms with E-state index in [-0.39, 0.29) is 16.8 Å². The molecule has 0 aromatic heterocycles. The summed E-state index contributed by atoms with van der Waals surface area (Å²) >= 11 is 0. The van der Waals surface area contributed by atoms with Gasteiger partial charge in [0.1, 0.15) is 0 Å². The quantitative estimate of drug-likeness (QED) is 0.839. The second kappa shape index (κ2) is 5.10. The topological polar surface area (TPSA) is 41.6 Å². The molecule has 4 heteroatoms. The molecule has 3 heterocycles. The van der Waals surface area contributed by atoms with Gasteiger partial charge in [0.15, 0.2) is 0 Å². The molecule has 0 bridgehead atoms. The Morgan fingerprint density at radius 2 is 2.16 bits per heavy atom. The summed E-state index contributed by atoms with van der Waals surface area (Å²) in [5.41, 5.74) is 4.71. The highest BCUT2D eigenvalue weighted by Gasteiger charge is 2.65. The van der Waals surface area contributed by atoms with E-state index in [9.17, 15) is 4.79 Å². The van der Waals surface area contributed by atoms with Crippen LogP contribution < -0.4 is 5.32 Å². The molecule has 3 atom stereocenters. The van der Waals surface area contributed by atoms with Gasteiger partial charge in [-0.25, -0.2) is 4.79 Å². The first kappa shape index (κ1) is 15.4. The zero-order valence-corrected chi connectivity index (χ0v) is 15.1. The average molecular weight is 338 g/mol. The summed E-state index contributed by atoms with van der Waals surface area (Å²) < 4.78 is 5.22. The van der Waals surface area contributed by atoms with Crippen LogP contribution in [0.15, 0.2) is 35.5 Å². The maximum atomic E-state index is 12.7. The predicted octanol–water partition coefficient (Wildman–Crippen LogP) is 3.45. The first-order valence-electron chi connectivity index (χ1n) is 9.59. The molecule has 0 saturated carbocycles. The van der Waals surface area contributed by atoms with Crippen LogP contribution in [0, 0.1) is 5.41 Å². The number of anilines is 1. The third-order valence-electron chi connectivity index (χ3n) is 7.41. The summed E-state index contributed by atoms with van der Waals surface area (Å²) in [6, 6.07) is 9.15. The largest absolute Gasteiger partial charge is 0.466 e. The smallest absolute Gasteiger partial charge is 0.335 e. The fraction of sp³-hybridized carbons (Fsp3) is 0.571.